The van der Waals surface area contributed by atoms with E-state index in [1.54, 1.807) is 24.3 Å². The van der Waals surface area contributed by atoms with Crippen molar-refractivity contribution in [2.24, 2.45) is 0 Å². The molecule has 1 saturated heterocycles. The summed E-state index contributed by atoms with van der Waals surface area (Å²) in [6, 6.07) is 11.8. The molecule has 0 spiro atoms. The summed E-state index contributed by atoms with van der Waals surface area (Å²) >= 11 is 1.39. The second-order valence-electron chi connectivity index (χ2n) is 6.30. The number of benzene rings is 1. The molecule has 0 aliphatic carbocycles. The van der Waals surface area contributed by atoms with Gasteiger partial charge in [0.2, 0.25) is 0 Å². The maximum absolute atomic E-state index is 13.2. The molecule has 1 fully saturated rings. The topological polar surface area (TPSA) is 70.5 Å². The molecule has 3 heterocycles. The average Bonchev–Trinajstić information content (AvgIpc) is 3.32. The number of rotatable bonds is 4. The van der Waals surface area contributed by atoms with E-state index < -0.39 is 17.7 Å². The third kappa shape index (κ3) is 3.20. The van der Waals surface area contributed by atoms with Crippen molar-refractivity contribution in [2.75, 3.05) is 0 Å². The summed E-state index contributed by atoms with van der Waals surface area (Å²) in [5.74, 6) is -2.05. The van der Waals surface area contributed by atoms with Gasteiger partial charge < -0.3 is 10.0 Å². The second kappa shape index (κ2) is 7.36. The molecule has 1 atom stereocenters. The zero-order valence-electron chi connectivity index (χ0n) is 14.6. The van der Waals surface area contributed by atoms with Gasteiger partial charge in [-0.2, -0.15) is 0 Å². The molecule has 28 heavy (non-hydrogen) atoms. The molecule has 1 amide bonds. The van der Waals surface area contributed by atoms with Gasteiger partial charge in [0.15, 0.2) is 0 Å². The van der Waals surface area contributed by atoms with Gasteiger partial charge in [-0.25, -0.2) is 4.39 Å². The van der Waals surface area contributed by atoms with Crippen LogP contribution in [0.4, 0.5) is 4.39 Å². The highest BCUT2D eigenvalue weighted by atomic mass is 32.1. The number of likely N-dealkylation sites (tertiary alicyclic amines) is 1. The van der Waals surface area contributed by atoms with E-state index in [0.29, 0.717) is 11.1 Å². The molecule has 1 unspecified atom stereocenters. The maximum Gasteiger partial charge on any atom is 0.295 e. The minimum atomic E-state index is -0.741. The highest BCUT2D eigenvalue weighted by Gasteiger charge is 2.46. The van der Waals surface area contributed by atoms with Crippen LogP contribution in [0.2, 0.25) is 0 Å². The minimum Gasteiger partial charge on any atom is -0.507 e. The summed E-state index contributed by atoms with van der Waals surface area (Å²) in [6.07, 6.45) is 3.01. The van der Waals surface area contributed by atoms with E-state index in [-0.39, 0.29) is 23.7 Å². The summed E-state index contributed by atoms with van der Waals surface area (Å²) in [5.41, 5.74) is 1.14. The number of Topliss-reactive ketones (excluding diaryl/α,β-unsaturated/α-hetero) is 1. The minimum absolute atomic E-state index is 0.0424. The molecule has 4 rings (SSSR count). The number of thiophene rings is 1. The van der Waals surface area contributed by atoms with Gasteiger partial charge in [0, 0.05) is 29.4 Å². The lowest BCUT2D eigenvalue weighted by molar-refractivity contribution is -0.140. The molecule has 1 N–H and O–H groups in total. The summed E-state index contributed by atoms with van der Waals surface area (Å²) in [7, 11) is 0. The Labute approximate surface area is 164 Å². The van der Waals surface area contributed by atoms with Gasteiger partial charge in [-0.1, -0.05) is 18.2 Å². The van der Waals surface area contributed by atoms with E-state index in [4.69, 9.17) is 0 Å². The Morgan fingerprint density at radius 2 is 1.82 bits per heavy atom. The predicted molar refractivity (Wildman–Crippen MR) is 103 cm³/mol. The van der Waals surface area contributed by atoms with Crippen LogP contribution in [-0.4, -0.2) is 26.7 Å². The number of amides is 1. The number of halogens is 1. The van der Waals surface area contributed by atoms with Crippen LogP contribution in [0.5, 0.6) is 0 Å². The van der Waals surface area contributed by atoms with Crippen molar-refractivity contribution in [3.05, 3.63) is 93.7 Å². The molecule has 5 nitrogen and oxygen atoms in total. The fraction of sp³-hybridized carbons (Fsp3) is 0.0952. The van der Waals surface area contributed by atoms with Crippen molar-refractivity contribution >= 4 is 28.8 Å². The van der Waals surface area contributed by atoms with Crippen LogP contribution in [0.1, 0.15) is 22.0 Å². The number of ketones is 1. The molecule has 7 heteroatoms. The Hall–Kier alpha value is -3.32. The summed E-state index contributed by atoms with van der Waals surface area (Å²) in [4.78, 5) is 31.7. The number of hydrogen-bond acceptors (Lipinski definition) is 5. The molecule has 0 radical (unpaired) electrons. The second-order valence-corrected chi connectivity index (χ2v) is 7.28. The smallest absolute Gasteiger partial charge is 0.295 e. The van der Waals surface area contributed by atoms with Gasteiger partial charge in [0.1, 0.15) is 11.6 Å². The first-order valence-corrected chi connectivity index (χ1v) is 9.41. The fourth-order valence-electron chi connectivity index (χ4n) is 3.24. The molecule has 2 aromatic heterocycles. The third-order valence-electron chi connectivity index (χ3n) is 4.57. The van der Waals surface area contributed by atoms with Gasteiger partial charge in [0.25, 0.3) is 11.7 Å². The standard InChI is InChI=1S/C21H15FN2O3S/c22-15-5-3-13(4-6-15)12-24-18(16-2-1-11-28-16)17(20(26)21(24)27)19(25)14-7-9-23-10-8-14/h1-11,18,25H,12H2/b19-17-. The number of aliphatic hydroxyl groups is 1. The lowest BCUT2D eigenvalue weighted by Crippen LogP contribution is -2.28. The largest absolute Gasteiger partial charge is 0.507 e. The molecular formula is C21H15FN2O3S. The third-order valence-corrected chi connectivity index (χ3v) is 5.50. The van der Waals surface area contributed by atoms with Crippen LogP contribution >= 0.6 is 11.3 Å². The summed E-state index contributed by atoms with van der Waals surface area (Å²) in [5, 5.41) is 12.7. The van der Waals surface area contributed by atoms with Crippen molar-refractivity contribution in [1.29, 1.82) is 0 Å². The Bertz CT molecular complexity index is 1050. The lowest BCUT2D eigenvalue weighted by Gasteiger charge is -2.24. The normalized spacial score (nSPS) is 18.6. The fourth-order valence-corrected chi connectivity index (χ4v) is 4.08. The van der Waals surface area contributed by atoms with Crippen molar-refractivity contribution in [3.8, 4) is 0 Å². The number of hydrogen-bond donors (Lipinski definition) is 1. The maximum atomic E-state index is 13.2. The number of aliphatic hydroxyl groups excluding tert-OH is 1. The number of carbonyl (C=O) groups is 2. The number of nitrogens with zero attached hydrogens (tertiary/aromatic N) is 2. The zero-order valence-corrected chi connectivity index (χ0v) is 15.4. The summed E-state index contributed by atoms with van der Waals surface area (Å²) < 4.78 is 13.2. The van der Waals surface area contributed by atoms with Crippen LogP contribution in [0.25, 0.3) is 5.76 Å². The quantitative estimate of drug-likeness (QED) is 0.414. The van der Waals surface area contributed by atoms with E-state index >= 15 is 0 Å². The highest BCUT2D eigenvalue weighted by Crippen LogP contribution is 2.41. The Morgan fingerprint density at radius 3 is 2.46 bits per heavy atom. The molecule has 140 valence electrons. The Morgan fingerprint density at radius 1 is 1.11 bits per heavy atom. The Balaban J connectivity index is 1.81. The average molecular weight is 394 g/mol. The first kappa shape index (κ1) is 18.1. The number of pyridine rings is 1. The van der Waals surface area contributed by atoms with Crippen LogP contribution in [0, 0.1) is 5.82 Å². The van der Waals surface area contributed by atoms with E-state index in [0.717, 1.165) is 4.88 Å². The van der Waals surface area contributed by atoms with Crippen molar-refractivity contribution in [3.63, 3.8) is 0 Å². The first-order chi connectivity index (χ1) is 13.6. The molecule has 0 saturated carbocycles. The SMILES string of the molecule is O=C1C(=O)N(Cc2ccc(F)cc2)C(c2cccs2)/C1=C(/O)c1ccncc1. The van der Waals surface area contributed by atoms with Crippen molar-refractivity contribution in [1.82, 2.24) is 9.88 Å². The van der Waals surface area contributed by atoms with Crippen LogP contribution in [0.3, 0.4) is 0 Å². The van der Waals surface area contributed by atoms with E-state index in [9.17, 15) is 19.1 Å². The number of carbonyl (C=O) groups excluding carboxylic acids is 2. The van der Waals surface area contributed by atoms with Crippen molar-refractivity contribution < 1.29 is 19.1 Å². The van der Waals surface area contributed by atoms with Crippen LogP contribution < -0.4 is 0 Å². The van der Waals surface area contributed by atoms with Crippen LogP contribution in [-0.2, 0) is 16.1 Å². The lowest BCUT2D eigenvalue weighted by atomic mass is 10.0. The number of aromatic nitrogens is 1. The molecule has 1 aliphatic heterocycles. The molecule has 3 aromatic rings. The predicted octanol–water partition coefficient (Wildman–Crippen LogP) is 3.90. The van der Waals surface area contributed by atoms with E-state index in [1.165, 1.54) is 40.8 Å². The zero-order chi connectivity index (χ0) is 19.7. The Kier molecular flexibility index (Phi) is 4.75. The highest BCUT2D eigenvalue weighted by molar-refractivity contribution is 7.10. The summed E-state index contributed by atoms with van der Waals surface area (Å²) in [6.45, 7) is 0.126. The van der Waals surface area contributed by atoms with Gasteiger partial charge in [0.05, 0.1) is 11.6 Å². The molecule has 0 bridgehead atoms. The van der Waals surface area contributed by atoms with Gasteiger partial charge in [-0.15, -0.1) is 11.3 Å². The monoisotopic (exact) mass is 394 g/mol. The van der Waals surface area contributed by atoms with Gasteiger partial charge >= 0.3 is 0 Å². The van der Waals surface area contributed by atoms with Gasteiger partial charge in [-0.3, -0.25) is 14.6 Å². The molecular weight excluding hydrogens is 379 g/mol. The van der Waals surface area contributed by atoms with E-state index in [2.05, 4.69) is 4.98 Å². The first-order valence-electron chi connectivity index (χ1n) is 8.53. The molecule has 1 aliphatic rings. The van der Waals surface area contributed by atoms with Crippen molar-refractivity contribution in [2.45, 2.75) is 12.6 Å². The van der Waals surface area contributed by atoms with Crippen LogP contribution in [0.15, 0.2) is 71.9 Å². The molecule has 1 aromatic carbocycles. The van der Waals surface area contributed by atoms with Gasteiger partial charge in [-0.05, 0) is 41.3 Å². The van der Waals surface area contributed by atoms with E-state index in [1.807, 2.05) is 17.5 Å².